The quantitative estimate of drug-likeness (QED) is 0.0420. The van der Waals surface area contributed by atoms with Crippen molar-refractivity contribution in [2.75, 3.05) is 6.61 Å². The molecule has 0 rings (SSSR count). The van der Waals surface area contributed by atoms with Crippen molar-refractivity contribution in [2.45, 2.75) is 411 Å². The zero-order valence-corrected chi connectivity index (χ0v) is 49.7. The molecule has 0 radical (unpaired) electrons. The number of allylic oxidation sites excluding steroid dienone is 1. The molecule has 72 heavy (non-hydrogen) atoms. The summed E-state index contributed by atoms with van der Waals surface area (Å²) in [6, 6.07) is -0.619. The van der Waals surface area contributed by atoms with Crippen molar-refractivity contribution in [3.63, 3.8) is 0 Å². The number of rotatable bonds is 64. The van der Waals surface area contributed by atoms with Crippen LogP contribution in [0, 0.1) is 0 Å². The van der Waals surface area contributed by atoms with Gasteiger partial charge in [0.2, 0.25) is 5.91 Å². The normalized spacial score (nSPS) is 12.7. The van der Waals surface area contributed by atoms with Crippen LogP contribution in [0.25, 0.3) is 0 Å². The second kappa shape index (κ2) is 64.4. The van der Waals surface area contributed by atoms with Gasteiger partial charge in [0.05, 0.1) is 18.8 Å². The maximum atomic E-state index is 12.5. The largest absolute Gasteiger partial charge is 0.394 e. The molecule has 0 aliphatic heterocycles. The van der Waals surface area contributed by atoms with Gasteiger partial charge in [-0.1, -0.05) is 386 Å². The minimum atomic E-state index is -0.837. The SMILES string of the molecule is CCCCCCCCCCCCCCCCCCCCCCCCCCCCCC/C=C/C(O)C(CO)NC(=O)CCCCCCCCCCCCCCCCCCCCCCCCCCCCCCCC. The first-order valence-electron chi connectivity index (χ1n) is 33.9. The van der Waals surface area contributed by atoms with Crippen molar-refractivity contribution in [3.8, 4) is 0 Å². The molecular formula is C68H135NO3. The number of carbonyl (C=O) groups is 1. The molecule has 0 saturated carbocycles. The van der Waals surface area contributed by atoms with Gasteiger partial charge in [-0.05, 0) is 19.3 Å². The second-order valence-corrected chi connectivity index (χ2v) is 23.6. The van der Waals surface area contributed by atoms with E-state index in [2.05, 4.69) is 19.2 Å². The molecule has 0 aliphatic rings. The highest BCUT2D eigenvalue weighted by Gasteiger charge is 2.18. The molecule has 0 aromatic rings. The van der Waals surface area contributed by atoms with Crippen LogP contribution in [0.5, 0.6) is 0 Å². The van der Waals surface area contributed by atoms with Gasteiger partial charge < -0.3 is 15.5 Å². The summed E-state index contributed by atoms with van der Waals surface area (Å²) in [5, 5.41) is 23.3. The maximum Gasteiger partial charge on any atom is 0.220 e. The van der Waals surface area contributed by atoms with Crippen molar-refractivity contribution in [1.82, 2.24) is 5.32 Å². The Hall–Kier alpha value is -0.870. The molecule has 4 heteroatoms. The molecule has 0 spiro atoms. The molecule has 1 amide bonds. The molecule has 0 aliphatic carbocycles. The van der Waals surface area contributed by atoms with Crippen LogP contribution in [0.1, 0.15) is 399 Å². The average Bonchev–Trinajstić information content (AvgIpc) is 3.39. The van der Waals surface area contributed by atoms with E-state index in [4.69, 9.17) is 0 Å². The second-order valence-electron chi connectivity index (χ2n) is 23.6. The molecule has 2 unspecified atom stereocenters. The molecule has 0 aromatic carbocycles. The van der Waals surface area contributed by atoms with E-state index in [1.165, 1.54) is 353 Å². The van der Waals surface area contributed by atoms with Gasteiger partial charge in [-0.2, -0.15) is 0 Å². The standard InChI is InChI=1S/C68H135NO3/c1-3-5-7-9-11-13-15-17-19-21-23-25-27-29-31-33-35-37-39-41-43-45-47-49-51-53-55-57-59-61-63-67(71)66(65-70)69-68(72)64-62-60-58-56-54-52-50-48-46-44-42-40-38-36-34-32-30-28-26-24-22-20-18-16-14-12-10-8-6-4-2/h61,63,66-67,70-71H,3-60,62,64-65H2,1-2H3,(H,69,72)/b63-61+. The van der Waals surface area contributed by atoms with Crippen LogP contribution in [0.4, 0.5) is 0 Å². The maximum absolute atomic E-state index is 12.5. The van der Waals surface area contributed by atoms with E-state index < -0.39 is 12.1 Å². The molecule has 0 fully saturated rings. The topological polar surface area (TPSA) is 69.6 Å². The lowest BCUT2D eigenvalue weighted by atomic mass is 10.0. The van der Waals surface area contributed by atoms with E-state index >= 15 is 0 Å². The third kappa shape index (κ3) is 60.0. The summed E-state index contributed by atoms with van der Waals surface area (Å²) in [7, 11) is 0. The average molecular weight is 1010 g/mol. The van der Waals surface area contributed by atoms with Gasteiger partial charge in [-0.3, -0.25) is 4.79 Å². The van der Waals surface area contributed by atoms with E-state index in [9.17, 15) is 15.0 Å². The number of aliphatic hydroxyl groups is 2. The summed E-state index contributed by atoms with van der Waals surface area (Å²) >= 11 is 0. The summed E-state index contributed by atoms with van der Waals surface area (Å²) in [5.41, 5.74) is 0. The number of hydrogen-bond acceptors (Lipinski definition) is 3. The molecule has 0 aromatic heterocycles. The van der Waals surface area contributed by atoms with E-state index in [1.807, 2.05) is 6.08 Å². The number of aliphatic hydroxyl groups excluding tert-OH is 2. The van der Waals surface area contributed by atoms with Gasteiger partial charge in [-0.25, -0.2) is 0 Å². The fourth-order valence-corrected chi connectivity index (χ4v) is 11.1. The number of hydrogen-bond donors (Lipinski definition) is 3. The molecule has 0 heterocycles. The van der Waals surface area contributed by atoms with Crippen molar-refractivity contribution in [3.05, 3.63) is 12.2 Å². The van der Waals surface area contributed by atoms with Crippen LogP contribution in [-0.4, -0.2) is 34.9 Å². The number of carbonyl (C=O) groups excluding carboxylic acids is 1. The molecule has 0 saturated heterocycles. The van der Waals surface area contributed by atoms with Crippen molar-refractivity contribution >= 4 is 5.91 Å². The molecule has 2 atom stereocenters. The highest BCUT2D eigenvalue weighted by atomic mass is 16.3. The van der Waals surface area contributed by atoms with Crippen LogP contribution in [0.2, 0.25) is 0 Å². The fourth-order valence-electron chi connectivity index (χ4n) is 11.1. The molecule has 3 N–H and O–H groups in total. The minimum absolute atomic E-state index is 0.0533. The van der Waals surface area contributed by atoms with Crippen molar-refractivity contribution < 1.29 is 15.0 Å². The fraction of sp³-hybridized carbons (Fsp3) is 0.956. The van der Waals surface area contributed by atoms with E-state index in [0.29, 0.717) is 6.42 Å². The number of amides is 1. The molecule has 4 nitrogen and oxygen atoms in total. The summed E-state index contributed by atoms with van der Waals surface area (Å²) in [4.78, 5) is 12.5. The lowest BCUT2D eigenvalue weighted by Crippen LogP contribution is -2.45. The van der Waals surface area contributed by atoms with Crippen LogP contribution in [0.3, 0.4) is 0 Å². The zero-order chi connectivity index (χ0) is 52.0. The van der Waals surface area contributed by atoms with Crippen molar-refractivity contribution in [1.29, 1.82) is 0 Å². The van der Waals surface area contributed by atoms with Gasteiger partial charge in [0, 0.05) is 6.42 Å². The molecule has 0 bridgehead atoms. The van der Waals surface area contributed by atoms with E-state index in [0.717, 1.165) is 25.7 Å². The predicted molar refractivity (Wildman–Crippen MR) is 323 cm³/mol. The first-order chi connectivity index (χ1) is 35.7. The van der Waals surface area contributed by atoms with E-state index in [-0.39, 0.29) is 12.5 Å². The van der Waals surface area contributed by atoms with E-state index in [1.54, 1.807) is 6.08 Å². The van der Waals surface area contributed by atoms with Crippen LogP contribution in [-0.2, 0) is 4.79 Å². The Bertz CT molecular complexity index is 1010. The van der Waals surface area contributed by atoms with Gasteiger partial charge in [-0.15, -0.1) is 0 Å². The molecule has 430 valence electrons. The smallest absolute Gasteiger partial charge is 0.220 e. The van der Waals surface area contributed by atoms with Gasteiger partial charge in [0.15, 0.2) is 0 Å². The van der Waals surface area contributed by atoms with Gasteiger partial charge in [0.25, 0.3) is 0 Å². The first-order valence-corrected chi connectivity index (χ1v) is 33.9. The summed E-state index contributed by atoms with van der Waals surface area (Å²) in [6.07, 6.45) is 85.8. The summed E-state index contributed by atoms with van der Waals surface area (Å²) < 4.78 is 0. The van der Waals surface area contributed by atoms with Crippen molar-refractivity contribution in [2.24, 2.45) is 0 Å². The summed E-state index contributed by atoms with van der Waals surface area (Å²) in [6.45, 7) is 4.37. The van der Waals surface area contributed by atoms with Gasteiger partial charge >= 0.3 is 0 Å². The lowest BCUT2D eigenvalue weighted by Gasteiger charge is -2.20. The monoisotopic (exact) mass is 1010 g/mol. The summed E-state index contributed by atoms with van der Waals surface area (Å²) in [5.74, 6) is -0.0533. The lowest BCUT2D eigenvalue weighted by molar-refractivity contribution is -0.123. The highest BCUT2D eigenvalue weighted by Crippen LogP contribution is 2.19. The van der Waals surface area contributed by atoms with Crippen LogP contribution >= 0.6 is 0 Å². The van der Waals surface area contributed by atoms with Gasteiger partial charge in [0.1, 0.15) is 0 Å². The third-order valence-corrected chi connectivity index (χ3v) is 16.3. The van der Waals surface area contributed by atoms with Crippen LogP contribution in [0.15, 0.2) is 12.2 Å². The Morgan fingerprint density at radius 3 is 0.722 bits per heavy atom. The Kier molecular flexibility index (Phi) is 63.6. The Morgan fingerprint density at radius 2 is 0.514 bits per heavy atom. The Balaban J connectivity index is 3.40. The number of unbranched alkanes of at least 4 members (excludes halogenated alkanes) is 57. The zero-order valence-electron chi connectivity index (χ0n) is 49.7. The Labute approximate surface area is 454 Å². The first kappa shape index (κ1) is 71.1. The van der Waals surface area contributed by atoms with Crippen LogP contribution < -0.4 is 5.32 Å². The molecular weight excluding hydrogens is 879 g/mol. The Morgan fingerprint density at radius 1 is 0.319 bits per heavy atom. The highest BCUT2D eigenvalue weighted by molar-refractivity contribution is 5.76. The number of nitrogens with one attached hydrogen (secondary N) is 1. The minimum Gasteiger partial charge on any atom is -0.394 e. The predicted octanol–water partition coefficient (Wildman–Crippen LogP) is 22.8. The third-order valence-electron chi connectivity index (χ3n) is 16.3.